The van der Waals surface area contributed by atoms with E-state index >= 15 is 0 Å². The first-order chi connectivity index (χ1) is 10.6. The smallest absolute Gasteiger partial charge is 0.323 e. The Hall–Kier alpha value is -2.68. The molecule has 110 valence electrons. The van der Waals surface area contributed by atoms with E-state index in [1.54, 1.807) is 23.1 Å². The lowest BCUT2D eigenvalue weighted by molar-refractivity contribution is 0.432. The third-order valence-electron chi connectivity index (χ3n) is 3.21. The number of nitrogens with zero attached hydrogens (tertiary/aromatic N) is 4. The van der Waals surface area contributed by atoms with Gasteiger partial charge in [-0.1, -0.05) is 21.1 Å². The number of aromatic amines is 2. The van der Waals surface area contributed by atoms with E-state index in [9.17, 15) is 4.79 Å². The van der Waals surface area contributed by atoms with Crippen LogP contribution in [0, 0.1) is 0 Å². The van der Waals surface area contributed by atoms with Crippen molar-refractivity contribution in [2.45, 2.75) is 0 Å². The molecule has 2 N–H and O–H groups in total. The zero-order chi connectivity index (χ0) is 15.3. The first-order valence-electron chi connectivity index (χ1n) is 6.35. The van der Waals surface area contributed by atoms with Crippen molar-refractivity contribution in [2.75, 3.05) is 0 Å². The molecule has 4 aromatic rings. The highest BCUT2D eigenvalue weighted by Crippen LogP contribution is 2.29. The van der Waals surface area contributed by atoms with Crippen LogP contribution in [0.2, 0.25) is 0 Å². The van der Waals surface area contributed by atoms with Crippen molar-refractivity contribution in [3.8, 4) is 22.8 Å². The molecule has 3 heterocycles. The normalized spacial score (nSPS) is 11.4. The summed E-state index contributed by atoms with van der Waals surface area (Å²) in [6.45, 7) is 0. The Morgan fingerprint density at radius 1 is 1.32 bits per heavy atom. The summed E-state index contributed by atoms with van der Waals surface area (Å²) in [5.41, 5.74) is 2.39. The Bertz CT molecular complexity index is 1040. The largest absolute Gasteiger partial charge is 0.334 e. The number of H-pyrrole nitrogens is 2. The van der Waals surface area contributed by atoms with Gasteiger partial charge in [-0.05, 0) is 12.1 Å². The lowest BCUT2D eigenvalue weighted by Crippen LogP contribution is -1.99. The Labute approximate surface area is 131 Å². The molecule has 8 nitrogen and oxygen atoms in total. The number of halogens is 1. The molecule has 22 heavy (non-hydrogen) atoms. The Morgan fingerprint density at radius 2 is 2.18 bits per heavy atom. The van der Waals surface area contributed by atoms with Crippen LogP contribution in [0.25, 0.3) is 33.9 Å². The lowest BCUT2D eigenvalue weighted by Gasteiger charge is -1.98. The van der Waals surface area contributed by atoms with Crippen LogP contribution in [0.4, 0.5) is 0 Å². The van der Waals surface area contributed by atoms with Gasteiger partial charge in [-0.2, -0.15) is 10.1 Å². The van der Waals surface area contributed by atoms with Crippen LogP contribution >= 0.6 is 15.9 Å². The summed E-state index contributed by atoms with van der Waals surface area (Å²) in [5.74, 6) is 0.759. The van der Waals surface area contributed by atoms with Crippen LogP contribution in [0.1, 0.15) is 0 Å². The predicted octanol–water partition coefficient (Wildman–Crippen LogP) is 2.07. The quantitative estimate of drug-likeness (QED) is 0.569. The summed E-state index contributed by atoms with van der Waals surface area (Å²) in [6, 6.07) is 3.61. The number of imidazole rings is 1. The molecule has 9 heteroatoms. The Morgan fingerprint density at radius 3 is 2.95 bits per heavy atom. The third kappa shape index (κ3) is 2.06. The summed E-state index contributed by atoms with van der Waals surface area (Å²) < 4.78 is 7.79. The van der Waals surface area contributed by atoms with E-state index in [0.29, 0.717) is 28.3 Å². The van der Waals surface area contributed by atoms with Crippen LogP contribution in [-0.4, -0.2) is 29.9 Å². The summed E-state index contributed by atoms with van der Waals surface area (Å²) >= 11 is 3.41. The van der Waals surface area contributed by atoms with Crippen LogP contribution in [-0.2, 0) is 7.05 Å². The number of fused-ring (bicyclic) bond motifs is 1. The maximum atomic E-state index is 11.5. The summed E-state index contributed by atoms with van der Waals surface area (Å²) in [4.78, 5) is 21.3. The van der Waals surface area contributed by atoms with E-state index in [4.69, 9.17) is 4.52 Å². The average Bonchev–Trinajstić information content (AvgIpc) is 3.15. The fraction of sp³-hybridized carbons (Fsp3) is 0.0769. The molecule has 0 aliphatic rings. The molecule has 3 aromatic heterocycles. The Balaban J connectivity index is 1.89. The third-order valence-corrected chi connectivity index (χ3v) is 3.67. The monoisotopic (exact) mass is 360 g/mol. The molecule has 0 fully saturated rings. The van der Waals surface area contributed by atoms with Gasteiger partial charge in [0.15, 0.2) is 0 Å². The van der Waals surface area contributed by atoms with Gasteiger partial charge in [0.1, 0.15) is 0 Å². The van der Waals surface area contributed by atoms with Crippen molar-refractivity contribution >= 4 is 27.0 Å². The summed E-state index contributed by atoms with van der Waals surface area (Å²) in [5, 5.41) is 8.04. The van der Waals surface area contributed by atoms with Crippen molar-refractivity contribution in [3.63, 3.8) is 0 Å². The molecule has 1 aromatic carbocycles. The highest BCUT2D eigenvalue weighted by molar-refractivity contribution is 9.10. The Kier molecular flexibility index (Phi) is 2.76. The fourth-order valence-electron chi connectivity index (χ4n) is 2.26. The molecule has 0 saturated carbocycles. The lowest BCUT2D eigenvalue weighted by atomic mass is 10.2. The minimum absolute atomic E-state index is 0.290. The van der Waals surface area contributed by atoms with E-state index in [2.05, 4.69) is 41.1 Å². The second-order valence-corrected chi connectivity index (χ2v) is 5.70. The van der Waals surface area contributed by atoms with Crippen molar-refractivity contribution in [3.05, 3.63) is 39.5 Å². The molecule has 0 unspecified atom stereocenters. The van der Waals surface area contributed by atoms with Crippen molar-refractivity contribution in [1.29, 1.82) is 0 Å². The van der Waals surface area contributed by atoms with Gasteiger partial charge in [-0.25, -0.2) is 4.79 Å². The van der Waals surface area contributed by atoms with E-state index in [0.717, 1.165) is 10.0 Å². The van der Waals surface area contributed by atoms with E-state index in [-0.39, 0.29) is 5.69 Å². The number of rotatable bonds is 2. The van der Waals surface area contributed by atoms with Gasteiger partial charge < -0.3 is 14.5 Å². The number of benzene rings is 1. The molecule has 0 saturated heterocycles. The summed E-state index contributed by atoms with van der Waals surface area (Å²) in [7, 11) is 1.81. The van der Waals surface area contributed by atoms with Crippen molar-refractivity contribution in [2.24, 2.45) is 7.05 Å². The van der Waals surface area contributed by atoms with Crippen LogP contribution in [0.15, 0.2) is 38.3 Å². The van der Waals surface area contributed by atoms with E-state index in [1.807, 2.05) is 13.1 Å². The first kappa shape index (κ1) is 13.0. The second kappa shape index (κ2) is 4.67. The SMILES string of the molecule is Cn1cc(-c2noc(-c3cc(Br)cc4[nH]c(=O)[nH]c34)n2)cn1. The van der Waals surface area contributed by atoms with Gasteiger partial charge >= 0.3 is 5.69 Å². The molecule has 0 atom stereocenters. The highest BCUT2D eigenvalue weighted by Gasteiger charge is 2.16. The van der Waals surface area contributed by atoms with Crippen LogP contribution in [0.3, 0.4) is 0 Å². The van der Waals surface area contributed by atoms with Gasteiger partial charge in [0.2, 0.25) is 5.82 Å². The second-order valence-electron chi connectivity index (χ2n) is 4.78. The highest BCUT2D eigenvalue weighted by atomic mass is 79.9. The van der Waals surface area contributed by atoms with Gasteiger partial charge in [0.25, 0.3) is 5.89 Å². The van der Waals surface area contributed by atoms with E-state index < -0.39 is 0 Å². The molecule has 0 radical (unpaired) electrons. The molecule has 0 aliphatic heterocycles. The maximum Gasteiger partial charge on any atom is 0.323 e. The van der Waals surface area contributed by atoms with Crippen molar-refractivity contribution < 1.29 is 4.52 Å². The number of hydrogen-bond acceptors (Lipinski definition) is 5. The van der Waals surface area contributed by atoms with E-state index in [1.165, 1.54) is 0 Å². The number of nitrogens with one attached hydrogen (secondary N) is 2. The minimum atomic E-state index is -0.290. The number of aromatic nitrogens is 6. The zero-order valence-corrected chi connectivity index (χ0v) is 12.9. The average molecular weight is 361 g/mol. The van der Waals surface area contributed by atoms with Crippen molar-refractivity contribution in [1.82, 2.24) is 29.9 Å². The van der Waals surface area contributed by atoms with Gasteiger partial charge in [-0.3, -0.25) is 4.68 Å². The van der Waals surface area contributed by atoms with Crippen LogP contribution in [0.5, 0.6) is 0 Å². The molecule has 0 bridgehead atoms. The molecule has 0 spiro atoms. The fourth-order valence-corrected chi connectivity index (χ4v) is 2.72. The standard InChI is InChI=1S/C13H9BrN6O2/c1-20-5-6(4-15-20)11-18-12(22-19-11)8-2-7(14)3-9-10(8)17-13(21)16-9/h2-5H,1H3,(H2,16,17,21). The van der Waals surface area contributed by atoms with Gasteiger partial charge in [-0.15, -0.1) is 0 Å². The molecule has 0 amide bonds. The van der Waals surface area contributed by atoms with Gasteiger partial charge in [0, 0.05) is 17.7 Å². The number of aryl methyl sites for hydroxylation is 1. The topological polar surface area (TPSA) is 105 Å². The molecular weight excluding hydrogens is 352 g/mol. The number of hydrogen-bond donors (Lipinski definition) is 2. The van der Waals surface area contributed by atoms with Gasteiger partial charge in [0.05, 0.1) is 28.4 Å². The zero-order valence-electron chi connectivity index (χ0n) is 11.3. The molecule has 4 rings (SSSR count). The summed E-state index contributed by atoms with van der Waals surface area (Å²) in [6.07, 6.45) is 3.45. The maximum absolute atomic E-state index is 11.5. The first-order valence-corrected chi connectivity index (χ1v) is 7.14. The predicted molar refractivity (Wildman–Crippen MR) is 82.1 cm³/mol. The minimum Gasteiger partial charge on any atom is -0.334 e. The molecule has 0 aliphatic carbocycles. The molecular formula is C13H9BrN6O2. The van der Waals surface area contributed by atoms with Crippen LogP contribution < -0.4 is 5.69 Å².